The lowest BCUT2D eigenvalue weighted by atomic mass is 10.3. The van der Waals surface area contributed by atoms with Crippen LogP contribution in [0.2, 0.25) is 5.02 Å². The fourth-order valence-electron chi connectivity index (χ4n) is 1.57. The SMILES string of the molecule is C[C@@H](Oc1cccc(N)c1)C(=O)Oc1cccc(Cl)c1. The van der Waals surface area contributed by atoms with Gasteiger partial charge in [-0.25, -0.2) is 4.79 Å². The number of rotatable bonds is 4. The maximum absolute atomic E-state index is 11.9. The van der Waals surface area contributed by atoms with Gasteiger partial charge in [-0.1, -0.05) is 23.7 Å². The molecular formula is C15H14ClNO3. The van der Waals surface area contributed by atoms with Gasteiger partial charge in [-0.05, 0) is 37.3 Å². The smallest absolute Gasteiger partial charge is 0.352 e. The van der Waals surface area contributed by atoms with E-state index in [-0.39, 0.29) is 0 Å². The minimum Gasteiger partial charge on any atom is -0.479 e. The van der Waals surface area contributed by atoms with Crippen LogP contribution in [0.25, 0.3) is 0 Å². The molecule has 4 nitrogen and oxygen atoms in total. The average Bonchev–Trinajstić information content (AvgIpc) is 2.38. The number of nitrogen functional groups attached to an aromatic ring is 1. The zero-order valence-electron chi connectivity index (χ0n) is 10.9. The summed E-state index contributed by atoms with van der Waals surface area (Å²) in [4.78, 5) is 11.9. The summed E-state index contributed by atoms with van der Waals surface area (Å²) in [6.07, 6.45) is -0.754. The third kappa shape index (κ3) is 3.90. The number of carbonyl (C=O) groups excluding carboxylic acids is 1. The van der Waals surface area contributed by atoms with Crippen LogP contribution in [0.15, 0.2) is 48.5 Å². The van der Waals surface area contributed by atoms with E-state index in [9.17, 15) is 4.79 Å². The highest BCUT2D eigenvalue weighted by Gasteiger charge is 2.17. The van der Waals surface area contributed by atoms with Crippen LogP contribution < -0.4 is 15.2 Å². The van der Waals surface area contributed by atoms with E-state index in [0.29, 0.717) is 22.2 Å². The molecule has 2 aromatic rings. The first-order chi connectivity index (χ1) is 9.54. The number of anilines is 1. The lowest BCUT2D eigenvalue weighted by molar-refractivity contribution is -0.141. The van der Waals surface area contributed by atoms with E-state index in [2.05, 4.69) is 0 Å². The number of hydrogen-bond donors (Lipinski definition) is 1. The minimum absolute atomic E-state index is 0.380. The second kappa shape index (κ2) is 6.30. The first-order valence-electron chi connectivity index (χ1n) is 6.04. The highest BCUT2D eigenvalue weighted by molar-refractivity contribution is 6.30. The van der Waals surface area contributed by atoms with Crippen LogP contribution in [-0.2, 0) is 4.79 Å². The number of carbonyl (C=O) groups is 1. The lowest BCUT2D eigenvalue weighted by Crippen LogP contribution is -2.28. The molecule has 104 valence electrons. The van der Waals surface area contributed by atoms with Crippen molar-refractivity contribution < 1.29 is 14.3 Å². The minimum atomic E-state index is -0.754. The second-order valence-corrected chi connectivity index (χ2v) is 4.65. The van der Waals surface area contributed by atoms with Crippen molar-refractivity contribution in [1.82, 2.24) is 0 Å². The molecule has 0 fully saturated rings. The monoisotopic (exact) mass is 291 g/mol. The van der Waals surface area contributed by atoms with Crippen molar-refractivity contribution >= 4 is 23.3 Å². The summed E-state index contributed by atoms with van der Waals surface area (Å²) in [5.41, 5.74) is 6.21. The van der Waals surface area contributed by atoms with Gasteiger partial charge in [0.05, 0.1) is 0 Å². The van der Waals surface area contributed by atoms with Crippen LogP contribution in [0.5, 0.6) is 11.5 Å². The zero-order chi connectivity index (χ0) is 14.5. The van der Waals surface area contributed by atoms with Gasteiger partial charge in [-0.2, -0.15) is 0 Å². The van der Waals surface area contributed by atoms with E-state index >= 15 is 0 Å². The third-order valence-electron chi connectivity index (χ3n) is 2.52. The van der Waals surface area contributed by atoms with Crippen molar-refractivity contribution in [2.75, 3.05) is 5.73 Å². The fourth-order valence-corrected chi connectivity index (χ4v) is 1.75. The van der Waals surface area contributed by atoms with Crippen LogP contribution in [0.1, 0.15) is 6.92 Å². The van der Waals surface area contributed by atoms with Crippen LogP contribution >= 0.6 is 11.6 Å². The van der Waals surface area contributed by atoms with Gasteiger partial charge in [-0.15, -0.1) is 0 Å². The van der Waals surface area contributed by atoms with Crippen molar-refractivity contribution in [3.05, 3.63) is 53.6 Å². The Kier molecular flexibility index (Phi) is 4.48. The summed E-state index contributed by atoms with van der Waals surface area (Å²) >= 11 is 5.82. The summed E-state index contributed by atoms with van der Waals surface area (Å²) in [6, 6.07) is 13.5. The van der Waals surface area contributed by atoms with Crippen molar-refractivity contribution in [2.24, 2.45) is 0 Å². The van der Waals surface area contributed by atoms with E-state index in [4.69, 9.17) is 26.8 Å². The predicted octanol–water partition coefficient (Wildman–Crippen LogP) is 3.30. The van der Waals surface area contributed by atoms with Gasteiger partial charge in [-0.3, -0.25) is 0 Å². The first kappa shape index (κ1) is 14.2. The Morgan fingerprint density at radius 1 is 1.15 bits per heavy atom. The fraction of sp³-hybridized carbons (Fsp3) is 0.133. The number of halogens is 1. The molecule has 0 heterocycles. The molecule has 0 aliphatic rings. The summed E-state index contributed by atoms with van der Waals surface area (Å²) in [5.74, 6) is 0.390. The summed E-state index contributed by atoms with van der Waals surface area (Å²) < 4.78 is 10.7. The quantitative estimate of drug-likeness (QED) is 0.533. The lowest BCUT2D eigenvalue weighted by Gasteiger charge is -2.14. The number of nitrogens with two attached hydrogens (primary N) is 1. The molecule has 0 aliphatic heterocycles. The Labute approximate surface area is 122 Å². The van der Waals surface area contributed by atoms with E-state index < -0.39 is 12.1 Å². The van der Waals surface area contributed by atoms with Gasteiger partial charge in [0, 0.05) is 16.8 Å². The number of esters is 1. The van der Waals surface area contributed by atoms with E-state index in [0.717, 1.165) is 0 Å². The Morgan fingerprint density at radius 2 is 1.85 bits per heavy atom. The summed E-state index contributed by atoms with van der Waals surface area (Å²) in [6.45, 7) is 1.61. The van der Waals surface area contributed by atoms with Gasteiger partial charge in [0.1, 0.15) is 11.5 Å². The molecule has 2 aromatic carbocycles. The second-order valence-electron chi connectivity index (χ2n) is 4.21. The zero-order valence-corrected chi connectivity index (χ0v) is 11.6. The van der Waals surface area contributed by atoms with Crippen LogP contribution in [0, 0.1) is 0 Å². The van der Waals surface area contributed by atoms with Gasteiger partial charge in [0.25, 0.3) is 0 Å². The molecule has 0 amide bonds. The molecule has 0 radical (unpaired) electrons. The van der Waals surface area contributed by atoms with Crippen LogP contribution in [0.3, 0.4) is 0 Å². The van der Waals surface area contributed by atoms with E-state index in [1.807, 2.05) is 0 Å². The van der Waals surface area contributed by atoms with Crippen molar-refractivity contribution in [2.45, 2.75) is 13.0 Å². The molecule has 0 saturated heterocycles. The van der Waals surface area contributed by atoms with Crippen LogP contribution in [0.4, 0.5) is 5.69 Å². The standard InChI is InChI=1S/C15H14ClNO3/c1-10(19-14-7-3-5-12(17)9-14)15(18)20-13-6-2-4-11(16)8-13/h2-10H,17H2,1H3/t10-/m1/s1. The molecule has 0 spiro atoms. The highest BCUT2D eigenvalue weighted by atomic mass is 35.5. The Morgan fingerprint density at radius 3 is 2.55 bits per heavy atom. The Hall–Kier alpha value is -2.20. The molecule has 1 atom stereocenters. The number of hydrogen-bond acceptors (Lipinski definition) is 4. The Balaban J connectivity index is 1.98. The van der Waals surface area contributed by atoms with Crippen molar-refractivity contribution in [3.63, 3.8) is 0 Å². The maximum atomic E-state index is 11.9. The van der Waals surface area contributed by atoms with Crippen molar-refractivity contribution in [1.29, 1.82) is 0 Å². The largest absolute Gasteiger partial charge is 0.479 e. The summed E-state index contributed by atoms with van der Waals surface area (Å²) in [7, 11) is 0. The maximum Gasteiger partial charge on any atom is 0.352 e. The Bertz CT molecular complexity index is 616. The molecule has 5 heteroatoms. The number of ether oxygens (including phenoxy) is 2. The van der Waals surface area contributed by atoms with Crippen molar-refractivity contribution in [3.8, 4) is 11.5 Å². The molecule has 20 heavy (non-hydrogen) atoms. The average molecular weight is 292 g/mol. The number of benzene rings is 2. The van der Waals surface area contributed by atoms with Gasteiger partial charge < -0.3 is 15.2 Å². The molecule has 0 saturated carbocycles. The highest BCUT2D eigenvalue weighted by Crippen LogP contribution is 2.19. The topological polar surface area (TPSA) is 61.5 Å². The molecular weight excluding hydrogens is 278 g/mol. The predicted molar refractivity (Wildman–Crippen MR) is 78.0 cm³/mol. The summed E-state index contributed by atoms with van der Waals surface area (Å²) in [5, 5.41) is 0.500. The van der Waals surface area contributed by atoms with Gasteiger partial charge in [0.2, 0.25) is 0 Å². The van der Waals surface area contributed by atoms with Crippen LogP contribution in [-0.4, -0.2) is 12.1 Å². The molecule has 0 unspecified atom stereocenters. The molecule has 0 aliphatic carbocycles. The normalized spacial score (nSPS) is 11.7. The van der Waals surface area contributed by atoms with E-state index in [1.165, 1.54) is 0 Å². The third-order valence-corrected chi connectivity index (χ3v) is 2.75. The molecule has 2 rings (SSSR count). The molecule has 0 aromatic heterocycles. The molecule has 2 N–H and O–H groups in total. The van der Waals surface area contributed by atoms with Gasteiger partial charge >= 0.3 is 5.97 Å². The first-order valence-corrected chi connectivity index (χ1v) is 6.42. The van der Waals surface area contributed by atoms with E-state index in [1.54, 1.807) is 55.5 Å². The van der Waals surface area contributed by atoms with Gasteiger partial charge in [0.15, 0.2) is 6.10 Å². The molecule has 0 bridgehead atoms.